The molecule has 0 bridgehead atoms. The lowest BCUT2D eigenvalue weighted by atomic mass is 9.96. The van der Waals surface area contributed by atoms with Crippen molar-refractivity contribution in [2.75, 3.05) is 14.2 Å². The fourth-order valence-corrected chi connectivity index (χ4v) is 4.81. The van der Waals surface area contributed by atoms with Gasteiger partial charge in [-0.2, -0.15) is 5.10 Å². The second-order valence-electron chi connectivity index (χ2n) is 9.88. The van der Waals surface area contributed by atoms with Crippen molar-refractivity contribution in [1.29, 1.82) is 0 Å². The largest absolute Gasteiger partial charge is 0.496 e. The van der Waals surface area contributed by atoms with Crippen molar-refractivity contribution in [3.63, 3.8) is 0 Å². The molecule has 10 heteroatoms. The molecule has 5 rings (SSSR count). The van der Waals surface area contributed by atoms with Crippen molar-refractivity contribution in [2.24, 2.45) is 0 Å². The van der Waals surface area contributed by atoms with Crippen molar-refractivity contribution in [3.8, 4) is 39.6 Å². The highest BCUT2D eigenvalue weighted by Crippen LogP contribution is 2.46. The Morgan fingerprint density at radius 2 is 1.78 bits per heavy atom. The summed E-state index contributed by atoms with van der Waals surface area (Å²) in [6.07, 6.45) is 1.64. The molecule has 1 amide bonds. The second kappa shape index (κ2) is 9.11. The first kappa shape index (κ1) is 25.2. The summed E-state index contributed by atoms with van der Waals surface area (Å²) >= 11 is 12.7. The third kappa shape index (κ3) is 4.34. The van der Waals surface area contributed by atoms with Gasteiger partial charge in [0.2, 0.25) is 0 Å². The summed E-state index contributed by atoms with van der Waals surface area (Å²) in [7, 11) is 3.36. The molecule has 0 saturated carbocycles. The Balaban J connectivity index is 1.80. The summed E-state index contributed by atoms with van der Waals surface area (Å²) in [4.78, 5) is 15.3. The van der Waals surface area contributed by atoms with Gasteiger partial charge in [0, 0.05) is 51.0 Å². The van der Waals surface area contributed by atoms with Crippen molar-refractivity contribution in [1.82, 2.24) is 19.8 Å². The van der Waals surface area contributed by atoms with Crippen molar-refractivity contribution in [2.45, 2.75) is 39.8 Å². The number of hydrogen-bond donors (Lipinski definition) is 0. The molecule has 192 valence electrons. The molecule has 0 saturated heterocycles. The predicted octanol–water partition coefficient (Wildman–Crippen LogP) is 6.58. The third-order valence-corrected chi connectivity index (χ3v) is 6.99. The fraction of sp³-hybridized carbons (Fsp3) is 0.296. The van der Waals surface area contributed by atoms with Gasteiger partial charge in [0.25, 0.3) is 5.91 Å². The number of aryl methyl sites for hydroxylation is 1. The van der Waals surface area contributed by atoms with Gasteiger partial charge in [-0.3, -0.25) is 4.79 Å². The molecule has 0 unspecified atom stereocenters. The number of carbonyl (C=O) groups excluding carboxylic acids is 1. The van der Waals surface area contributed by atoms with Crippen molar-refractivity contribution < 1.29 is 18.8 Å². The quantitative estimate of drug-likeness (QED) is 0.290. The molecule has 8 nitrogen and oxygen atoms in total. The Hall–Kier alpha value is -3.49. The van der Waals surface area contributed by atoms with Gasteiger partial charge in [-0.1, -0.05) is 28.4 Å². The number of amides is 1. The van der Waals surface area contributed by atoms with Crippen LogP contribution in [0.1, 0.15) is 42.6 Å². The highest BCUT2D eigenvalue weighted by atomic mass is 35.5. The number of fused-ring (bicyclic) bond motifs is 3. The van der Waals surface area contributed by atoms with Crippen LogP contribution in [0.5, 0.6) is 11.5 Å². The molecule has 0 fully saturated rings. The lowest BCUT2D eigenvalue weighted by Gasteiger charge is -2.31. The number of methoxy groups -OCH3 is 1. The maximum Gasteiger partial charge on any atom is 0.274 e. The van der Waals surface area contributed by atoms with E-state index in [2.05, 4.69) is 5.16 Å². The molecule has 3 heterocycles. The molecule has 0 atom stereocenters. The van der Waals surface area contributed by atoms with Gasteiger partial charge < -0.3 is 18.9 Å². The van der Waals surface area contributed by atoms with E-state index in [1.807, 2.05) is 39.8 Å². The van der Waals surface area contributed by atoms with Gasteiger partial charge in [-0.15, -0.1) is 0 Å². The van der Waals surface area contributed by atoms with Gasteiger partial charge in [0.1, 0.15) is 23.9 Å². The van der Waals surface area contributed by atoms with Crippen LogP contribution < -0.4 is 9.47 Å². The Morgan fingerprint density at radius 1 is 1.08 bits per heavy atom. The van der Waals surface area contributed by atoms with Crippen molar-refractivity contribution in [3.05, 3.63) is 63.6 Å². The van der Waals surface area contributed by atoms with E-state index >= 15 is 0 Å². The lowest BCUT2D eigenvalue weighted by molar-refractivity contribution is 0.0646. The molecule has 1 aliphatic heterocycles. The molecule has 2 aromatic heterocycles. The lowest BCUT2D eigenvalue weighted by Crippen LogP contribution is -2.43. The first-order valence-corrected chi connectivity index (χ1v) is 12.4. The second-order valence-corrected chi connectivity index (χ2v) is 10.8. The molecular weight excluding hydrogens is 515 g/mol. The zero-order chi connectivity index (χ0) is 26.6. The molecule has 4 aromatic rings. The first-order valence-electron chi connectivity index (χ1n) is 11.6. The number of rotatable bonds is 4. The molecule has 2 aromatic carbocycles. The SMILES string of the molecule is COc1cc2c(cc1-c1cnoc1C)-c1c(c(C(=O)N(C)C(C)(C)C)nn1-c1cc(Cl)cc(Cl)c1)CO2. The summed E-state index contributed by atoms with van der Waals surface area (Å²) in [6.45, 7) is 7.90. The van der Waals surface area contributed by atoms with Gasteiger partial charge in [-0.05, 0) is 52.0 Å². The average Bonchev–Trinajstić information content (AvgIpc) is 3.44. The van der Waals surface area contributed by atoms with Crippen LogP contribution in [0.15, 0.2) is 41.1 Å². The van der Waals surface area contributed by atoms with Gasteiger partial charge in [0.05, 0.1) is 24.7 Å². The highest BCUT2D eigenvalue weighted by molar-refractivity contribution is 6.34. The van der Waals surface area contributed by atoms with Gasteiger partial charge in [-0.25, -0.2) is 4.68 Å². The smallest absolute Gasteiger partial charge is 0.274 e. The zero-order valence-electron chi connectivity index (χ0n) is 21.3. The first-order chi connectivity index (χ1) is 17.5. The predicted molar refractivity (Wildman–Crippen MR) is 142 cm³/mol. The summed E-state index contributed by atoms with van der Waals surface area (Å²) in [5, 5.41) is 9.63. The fourth-order valence-electron chi connectivity index (χ4n) is 4.30. The summed E-state index contributed by atoms with van der Waals surface area (Å²) < 4.78 is 18.8. The van der Waals surface area contributed by atoms with Gasteiger partial charge in [0.15, 0.2) is 5.69 Å². The highest BCUT2D eigenvalue weighted by Gasteiger charge is 2.35. The van der Waals surface area contributed by atoms with E-state index in [0.717, 1.165) is 16.7 Å². The minimum atomic E-state index is -0.410. The molecule has 0 radical (unpaired) electrons. The summed E-state index contributed by atoms with van der Waals surface area (Å²) in [5.74, 6) is 1.63. The number of carbonyl (C=O) groups is 1. The van der Waals surface area contributed by atoms with E-state index in [-0.39, 0.29) is 12.5 Å². The number of nitrogens with zero attached hydrogens (tertiary/aromatic N) is 4. The van der Waals surface area contributed by atoms with Crippen LogP contribution in [0.2, 0.25) is 10.0 Å². The maximum absolute atomic E-state index is 13.7. The Morgan fingerprint density at radius 3 is 2.38 bits per heavy atom. The zero-order valence-corrected chi connectivity index (χ0v) is 22.9. The van der Waals surface area contributed by atoms with Gasteiger partial charge >= 0.3 is 0 Å². The molecule has 0 N–H and O–H groups in total. The summed E-state index contributed by atoms with van der Waals surface area (Å²) in [6, 6.07) is 8.93. The van der Waals surface area contributed by atoms with Crippen LogP contribution in [-0.2, 0) is 6.61 Å². The van der Waals surface area contributed by atoms with E-state index in [0.29, 0.717) is 49.9 Å². The van der Waals surface area contributed by atoms with Crippen LogP contribution in [0.25, 0.3) is 28.1 Å². The number of hydrogen-bond acceptors (Lipinski definition) is 6. The number of halogens is 2. The minimum Gasteiger partial charge on any atom is -0.496 e. The van der Waals surface area contributed by atoms with Crippen LogP contribution in [0.3, 0.4) is 0 Å². The topological polar surface area (TPSA) is 82.6 Å². The third-order valence-electron chi connectivity index (χ3n) is 6.56. The van der Waals surface area contributed by atoms with Crippen LogP contribution in [0, 0.1) is 6.92 Å². The molecular formula is C27H26Cl2N4O4. The molecule has 0 aliphatic carbocycles. The maximum atomic E-state index is 13.7. The van der Waals surface area contributed by atoms with Crippen LogP contribution in [0.4, 0.5) is 0 Å². The normalized spacial score (nSPS) is 12.5. The Bertz CT molecular complexity index is 1510. The summed E-state index contributed by atoms with van der Waals surface area (Å²) in [5.41, 5.74) is 4.18. The van der Waals surface area contributed by atoms with Crippen LogP contribution in [-0.4, -0.2) is 45.4 Å². The average molecular weight is 541 g/mol. The monoisotopic (exact) mass is 540 g/mol. The van der Waals surface area contributed by atoms with Crippen LogP contribution >= 0.6 is 23.2 Å². The number of aromatic nitrogens is 3. The Kier molecular flexibility index (Phi) is 6.20. The molecule has 0 spiro atoms. The molecule has 1 aliphatic rings. The molecule has 37 heavy (non-hydrogen) atoms. The van der Waals surface area contributed by atoms with E-state index in [1.54, 1.807) is 48.1 Å². The van der Waals surface area contributed by atoms with E-state index in [1.165, 1.54) is 0 Å². The standard InChI is InChI=1S/C27H26Cl2N4O4/c1-14-20(12-30-37-14)18-10-19-23(11-22(18)35-6)36-13-21-24(26(34)32(5)27(2,3)4)31-33(25(19)21)17-8-15(28)7-16(29)9-17/h7-12H,13H2,1-6H3. The minimum absolute atomic E-state index is 0.157. The van der Waals surface area contributed by atoms with Crippen molar-refractivity contribution >= 4 is 29.1 Å². The van der Waals surface area contributed by atoms with E-state index in [4.69, 9.17) is 42.3 Å². The number of ether oxygens (including phenoxy) is 2. The number of benzene rings is 2. The van der Waals surface area contributed by atoms with E-state index in [9.17, 15) is 4.79 Å². The van der Waals surface area contributed by atoms with E-state index < -0.39 is 5.54 Å². The Labute approximate surface area is 224 Å².